The van der Waals surface area contributed by atoms with Crippen LogP contribution in [0.25, 0.3) is 0 Å². The van der Waals surface area contributed by atoms with Gasteiger partial charge in [-0.3, -0.25) is 10.2 Å². The maximum atomic E-state index is 12.5. The predicted molar refractivity (Wildman–Crippen MR) is 110 cm³/mol. The van der Waals surface area contributed by atoms with Gasteiger partial charge in [0.05, 0.1) is 21.3 Å². The van der Waals surface area contributed by atoms with Crippen molar-refractivity contribution in [3.63, 3.8) is 0 Å². The number of sulfonamides is 1. The van der Waals surface area contributed by atoms with Crippen molar-refractivity contribution in [1.29, 1.82) is 0 Å². The molecule has 1 amide bonds. The molecule has 1 heterocycles. The fourth-order valence-corrected chi connectivity index (χ4v) is 3.79. The number of likely N-dealkylation sites (N-methyl/N-ethyl adjacent to an activating group) is 1. The number of halogens is 1. The van der Waals surface area contributed by atoms with Crippen LogP contribution in [-0.4, -0.2) is 52.1 Å². The minimum absolute atomic E-state index is 0.0620. The first kappa shape index (κ1) is 20.3. The van der Waals surface area contributed by atoms with Gasteiger partial charge in [-0.15, -0.1) is 0 Å². The largest absolute Gasteiger partial charge is 0.320 e. The summed E-state index contributed by atoms with van der Waals surface area (Å²) in [7, 11) is 0.00920. The molecule has 1 aliphatic rings. The molecule has 0 spiro atoms. The maximum absolute atomic E-state index is 12.5. The molecule has 0 fully saturated rings. The molecule has 8 nitrogen and oxygen atoms in total. The molecular weight excluding hydrogens is 402 g/mol. The molecule has 0 radical (unpaired) electrons. The number of nitrogens with zero attached hydrogens (tertiary/aromatic N) is 2. The number of hydrazone groups is 1. The van der Waals surface area contributed by atoms with Crippen molar-refractivity contribution >= 4 is 44.6 Å². The molecule has 0 bridgehead atoms. The van der Waals surface area contributed by atoms with Gasteiger partial charge in [-0.1, -0.05) is 23.7 Å². The average molecular weight is 422 g/mol. The number of anilines is 2. The van der Waals surface area contributed by atoms with Crippen molar-refractivity contribution in [3.05, 3.63) is 53.1 Å². The zero-order valence-electron chi connectivity index (χ0n) is 15.4. The molecule has 3 rings (SSSR count). The highest BCUT2D eigenvalue weighted by atomic mass is 35.5. The minimum atomic E-state index is -3.70. The van der Waals surface area contributed by atoms with E-state index in [4.69, 9.17) is 11.6 Å². The van der Waals surface area contributed by atoms with E-state index in [0.29, 0.717) is 28.5 Å². The number of hydrogen-bond acceptors (Lipinski definition) is 6. The van der Waals surface area contributed by atoms with Crippen LogP contribution in [0, 0.1) is 0 Å². The Balaban J connectivity index is 1.87. The summed E-state index contributed by atoms with van der Waals surface area (Å²) < 4.78 is 27.6. The first-order valence-corrected chi connectivity index (χ1v) is 10.3. The van der Waals surface area contributed by atoms with E-state index in [1.165, 1.54) is 12.1 Å². The zero-order valence-corrected chi connectivity index (χ0v) is 16.9. The molecule has 28 heavy (non-hydrogen) atoms. The topological polar surface area (TPSA) is 103 Å². The Bertz CT molecular complexity index is 1040. The normalized spacial score (nSPS) is 15.0. The number of amides is 1. The molecule has 0 saturated heterocycles. The molecule has 0 unspecified atom stereocenters. The summed E-state index contributed by atoms with van der Waals surface area (Å²) >= 11 is 6.08. The average Bonchev–Trinajstić information content (AvgIpc) is 2.95. The summed E-state index contributed by atoms with van der Waals surface area (Å²) in [5.41, 5.74) is 4.27. The van der Waals surface area contributed by atoms with Crippen molar-refractivity contribution in [2.45, 2.75) is 4.90 Å². The maximum Gasteiger partial charge on any atom is 0.276 e. The fourth-order valence-electron chi connectivity index (χ4n) is 2.57. The Morgan fingerprint density at radius 1 is 1.18 bits per heavy atom. The van der Waals surface area contributed by atoms with Crippen LogP contribution in [0.2, 0.25) is 5.02 Å². The second-order valence-corrected chi connectivity index (χ2v) is 8.59. The van der Waals surface area contributed by atoms with Crippen molar-refractivity contribution in [2.24, 2.45) is 5.10 Å². The first-order valence-electron chi connectivity index (χ1n) is 8.46. The summed E-state index contributed by atoms with van der Waals surface area (Å²) in [5.74, 6) is -0.426. The van der Waals surface area contributed by atoms with Crippen molar-refractivity contribution in [3.8, 4) is 0 Å². The Hall–Kier alpha value is -2.46. The standard InChI is InChI=1S/C18H20ClN5O3S/c1-24(2)10-9-20-28(26,27)12-7-8-15-13(11-12)17(18(25)21-15)23-22-16-6-4-3-5-14(16)19/h3-8,11,20,22H,9-10H2,1-2H3,(H,21,23,25). The number of carbonyl (C=O) groups excluding carboxylic acids is 1. The Kier molecular flexibility index (Phi) is 5.99. The monoisotopic (exact) mass is 421 g/mol. The summed E-state index contributed by atoms with van der Waals surface area (Å²) in [6.07, 6.45) is 0. The summed E-state index contributed by atoms with van der Waals surface area (Å²) in [4.78, 5) is 14.2. The summed E-state index contributed by atoms with van der Waals surface area (Å²) in [6, 6.07) is 11.4. The molecule has 148 valence electrons. The second kappa shape index (κ2) is 8.27. The highest BCUT2D eigenvalue weighted by Crippen LogP contribution is 2.27. The van der Waals surface area contributed by atoms with Gasteiger partial charge in [0.1, 0.15) is 0 Å². The van der Waals surface area contributed by atoms with E-state index < -0.39 is 15.9 Å². The van der Waals surface area contributed by atoms with Crippen LogP contribution in [0.5, 0.6) is 0 Å². The lowest BCUT2D eigenvalue weighted by Crippen LogP contribution is -2.31. The van der Waals surface area contributed by atoms with Crippen molar-refractivity contribution < 1.29 is 13.2 Å². The zero-order chi connectivity index (χ0) is 20.3. The van der Waals surface area contributed by atoms with Gasteiger partial charge in [0.2, 0.25) is 10.0 Å². The van der Waals surface area contributed by atoms with Crippen LogP contribution in [0.4, 0.5) is 11.4 Å². The van der Waals surface area contributed by atoms with E-state index in [0.717, 1.165) is 0 Å². The molecule has 0 atom stereocenters. The van der Waals surface area contributed by atoms with Gasteiger partial charge in [0, 0.05) is 18.7 Å². The molecule has 0 saturated carbocycles. The molecule has 1 aliphatic heterocycles. The quantitative estimate of drug-likeness (QED) is 0.593. The minimum Gasteiger partial charge on any atom is -0.320 e. The fraction of sp³-hybridized carbons (Fsp3) is 0.222. The lowest BCUT2D eigenvalue weighted by atomic mass is 10.1. The molecule has 3 N–H and O–H groups in total. The van der Waals surface area contributed by atoms with Crippen LogP contribution in [-0.2, 0) is 14.8 Å². The highest BCUT2D eigenvalue weighted by Gasteiger charge is 2.28. The van der Waals surface area contributed by atoms with Gasteiger partial charge in [-0.05, 0) is 44.4 Å². The number of hydrogen-bond donors (Lipinski definition) is 3. The van der Waals surface area contributed by atoms with E-state index in [1.54, 1.807) is 30.3 Å². The van der Waals surface area contributed by atoms with Crippen LogP contribution in [0.1, 0.15) is 5.56 Å². The predicted octanol–water partition coefficient (Wildman–Crippen LogP) is 1.95. The summed E-state index contributed by atoms with van der Waals surface area (Å²) in [6.45, 7) is 0.845. The van der Waals surface area contributed by atoms with Crippen LogP contribution in [0.3, 0.4) is 0 Å². The second-order valence-electron chi connectivity index (χ2n) is 6.41. The van der Waals surface area contributed by atoms with Crippen molar-refractivity contribution in [1.82, 2.24) is 9.62 Å². The molecule has 0 aromatic heterocycles. The molecule has 2 aromatic rings. The van der Waals surface area contributed by atoms with Gasteiger partial charge in [-0.2, -0.15) is 5.10 Å². The van der Waals surface area contributed by atoms with E-state index in [1.807, 2.05) is 19.0 Å². The summed E-state index contributed by atoms with van der Waals surface area (Å²) in [5, 5.41) is 7.25. The third-order valence-corrected chi connectivity index (χ3v) is 5.82. The molecule has 0 aliphatic carbocycles. The van der Waals surface area contributed by atoms with E-state index in [-0.39, 0.29) is 17.2 Å². The third-order valence-electron chi connectivity index (χ3n) is 4.03. The van der Waals surface area contributed by atoms with Crippen LogP contribution < -0.4 is 15.5 Å². The van der Waals surface area contributed by atoms with Crippen LogP contribution in [0.15, 0.2) is 52.5 Å². The van der Waals surface area contributed by atoms with E-state index >= 15 is 0 Å². The van der Waals surface area contributed by atoms with Crippen molar-refractivity contribution in [2.75, 3.05) is 37.9 Å². The van der Waals surface area contributed by atoms with E-state index in [9.17, 15) is 13.2 Å². The number of benzene rings is 2. The van der Waals surface area contributed by atoms with Gasteiger partial charge < -0.3 is 10.2 Å². The smallest absolute Gasteiger partial charge is 0.276 e. The Morgan fingerprint density at radius 2 is 1.93 bits per heavy atom. The molecule has 10 heteroatoms. The molecule has 2 aromatic carbocycles. The SMILES string of the molecule is CN(C)CCNS(=O)(=O)c1ccc2c(c1)/C(=N/Nc1ccccc1Cl)C(=O)N2. The highest BCUT2D eigenvalue weighted by molar-refractivity contribution is 7.89. The number of rotatable bonds is 7. The lowest BCUT2D eigenvalue weighted by Gasteiger charge is -2.11. The van der Waals surface area contributed by atoms with Gasteiger partial charge in [0.15, 0.2) is 5.71 Å². The third kappa shape index (κ3) is 4.50. The van der Waals surface area contributed by atoms with Gasteiger partial charge >= 0.3 is 0 Å². The van der Waals surface area contributed by atoms with Crippen LogP contribution >= 0.6 is 11.6 Å². The Morgan fingerprint density at radius 3 is 2.64 bits per heavy atom. The van der Waals surface area contributed by atoms with Gasteiger partial charge in [0.25, 0.3) is 5.91 Å². The number of carbonyl (C=O) groups is 1. The van der Waals surface area contributed by atoms with E-state index in [2.05, 4.69) is 20.6 Å². The molecular formula is C18H20ClN5O3S. The lowest BCUT2D eigenvalue weighted by molar-refractivity contribution is -0.110. The number of nitrogens with one attached hydrogen (secondary N) is 3. The number of fused-ring (bicyclic) bond motifs is 1. The Labute approximate surface area is 168 Å². The first-order chi connectivity index (χ1) is 13.3. The number of para-hydroxylation sites is 1. The van der Waals surface area contributed by atoms with Gasteiger partial charge in [-0.25, -0.2) is 13.1 Å².